The summed E-state index contributed by atoms with van der Waals surface area (Å²) >= 11 is 15.4. The first-order valence-electron chi connectivity index (χ1n) is 13.4. The van der Waals surface area contributed by atoms with Crippen molar-refractivity contribution in [2.45, 2.75) is 49.9 Å². The minimum atomic E-state index is -4.57. The number of amides is 1. The molecule has 13 heteroatoms. The number of hydrogen-bond donors (Lipinski definition) is 1. The molecule has 3 aromatic heterocycles. The Morgan fingerprint density at radius 2 is 1.82 bits per heavy atom. The van der Waals surface area contributed by atoms with Gasteiger partial charge in [0.15, 0.2) is 0 Å². The van der Waals surface area contributed by atoms with Crippen molar-refractivity contribution in [1.29, 1.82) is 0 Å². The largest absolute Gasteiger partial charge is 0.416 e. The number of rotatable bonds is 8. The highest BCUT2D eigenvalue weighted by molar-refractivity contribution is 8.01. The zero-order chi connectivity index (χ0) is 31.8. The maximum atomic E-state index is 13.9. The van der Waals surface area contributed by atoms with Gasteiger partial charge in [0, 0.05) is 22.6 Å². The summed E-state index contributed by atoms with van der Waals surface area (Å²) in [6, 6.07) is 14.3. The van der Waals surface area contributed by atoms with Gasteiger partial charge in [0.25, 0.3) is 5.91 Å². The van der Waals surface area contributed by atoms with Crippen LogP contribution < -0.4 is 5.32 Å². The molecule has 5 aromatic rings. The van der Waals surface area contributed by atoms with E-state index in [2.05, 4.69) is 15.4 Å². The average Bonchev–Trinajstić information content (AvgIpc) is 3.53. The third-order valence-electron chi connectivity index (χ3n) is 6.43. The van der Waals surface area contributed by atoms with Gasteiger partial charge in [-0.3, -0.25) is 9.78 Å². The smallest absolute Gasteiger partial charge is 0.345 e. The van der Waals surface area contributed by atoms with Crippen molar-refractivity contribution in [2.24, 2.45) is 0 Å². The lowest BCUT2D eigenvalue weighted by Crippen LogP contribution is -2.26. The predicted molar refractivity (Wildman–Crippen MR) is 171 cm³/mol. The van der Waals surface area contributed by atoms with E-state index in [1.807, 2.05) is 19.9 Å². The Balaban J connectivity index is 1.70. The number of carbonyl (C=O) groups excluding carboxylic acids is 1. The number of hydrogen-bond acceptors (Lipinski definition) is 6. The van der Waals surface area contributed by atoms with Gasteiger partial charge in [-0.2, -0.15) is 23.0 Å². The van der Waals surface area contributed by atoms with E-state index in [0.717, 1.165) is 21.9 Å². The number of aryl methyl sites for hydroxylation is 2. The van der Waals surface area contributed by atoms with E-state index in [1.54, 1.807) is 68.2 Å². The fourth-order valence-corrected chi connectivity index (χ4v) is 7.35. The number of benzene rings is 2. The second kappa shape index (κ2) is 12.9. The molecule has 0 fully saturated rings. The molecule has 6 nitrogen and oxygen atoms in total. The summed E-state index contributed by atoms with van der Waals surface area (Å²) in [5, 5.41) is 8.87. The van der Waals surface area contributed by atoms with E-state index in [1.165, 1.54) is 16.0 Å². The standard InChI is InChI=1S/C31H26Cl2F3N5OS2/c1-16(2)43-29-26(19-8-9-23(32)24(33)14-19)39-30(44-29)41-27(28(42)38-15-22-7-5-6-10-37-22)25(18(4)40-41)20-11-17(3)12-21(13-20)31(34,35)36/h5-14,16H,15H2,1-4H3,(H,38,42). The monoisotopic (exact) mass is 675 g/mol. The molecule has 0 spiro atoms. The molecule has 228 valence electrons. The Labute approximate surface area is 270 Å². The molecule has 2 aromatic carbocycles. The Morgan fingerprint density at radius 3 is 2.48 bits per heavy atom. The summed E-state index contributed by atoms with van der Waals surface area (Å²) in [5.74, 6) is -0.536. The second-order valence-electron chi connectivity index (χ2n) is 10.2. The SMILES string of the molecule is Cc1cc(-c2c(C)nn(-c3nc(-c4ccc(Cl)c(Cl)c4)c(SC(C)C)s3)c2C(=O)NCc2ccccn2)cc(C(F)(F)F)c1. The Morgan fingerprint density at radius 1 is 1.05 bits per heavy atom. The van der Waals surface area contributed by atoms with Crippen molar-refractivity contribution in [3.05, 3.63) is 99.0 Å². The van der Waals surface area contributed by atoms with E-state index in [9.17, 15) is 18.0 Å². The number of aromatic nitrogens is 4. The summed E-state index contributed by atoms with van der Waals surface area (Å²) in [6.07, 6.45) is -2.96. The Hall–Kier alpha value is -3.38. The minimum Gasteiger partial charge on any atom is -0.345 e. The quantitative estimate of drug-likeness (QED) is 0.166. The molecular weight excluding hydrogens is 650 g/mol. The van der Waals surface area contributed by atoms with Gasteiger partial charge in [0.1, 0.15) is 5.69 Å². The Bertz CT molecular complexity index is 1840. The van der Waals surface area contributed by atoms with Crippen LogP contribution in [-0.4, -0.2) is 30.9 Å². The molecule has 44 heavy (non-hydrogen) atoms. The molecule has 0 bridgehead atoms. The number of carbonyl (C=O) groups is 1. The van der Waals surface area contributed by atoms with E-state index in [-0.39, 0.29) is 28.6 Å². The van der Waals surface area contributed by atoms with E-state index in [0.29, 0.717) is 37.8 Å². The normalized spacial score (nSPS) is 11.8. The van der Waals surface area contributed by atoms with Crippen LogP contribution in [0.3, 0.4) is 0 Å². The van der Waals surface area contributed by atoms with Gasteiger partial charge in [0.2, 0.25) is 5.13 Å². The molecule has 0 atom stereocenters. The molecule has 0 radical (unpaired) electrons. The number of thioether (sulfide) groups is 1. The van der Waals surface area contributed by atoms with Gasteiger partial charge < -0.3 is 5.32 Å². The van der Waals surface area contributed by atoms with Crippen LogP contribution in [0, 0.1) is 13.8 Å². The van der Waals surface area contributed by atoms with E-state index >= 15 is 0 Å². The molecule has 1 amide bonds. The second-order valence-corrected chi connectivity index (χ2v) is 13.9. The topological polar surface area (TPSA) is 72.7 Å². The van der Waals surface area contributed by atoms with Gasteiger partial charge in [-0.25, -0.2) is 4.98 Å². The number of thiazole rings is 1. The number of pyridine rings is 1. The van der Waals surface area contributed by atoms with Gasteiger partial charge in [-0.05, 0) is 61.4 Å². The maximum absolute atomic E-state index is 13.9. The molecule has 0 aliphatic carbocycles. The van der Waals surface area contributed by atoms with Crippen molar-refractivity contribution in [2.75, 3.05) is 0 Å². The van der Waals surface area contributed by atoms with Gasteiger partial charge in [0.05, 0.1) is 43.4 Å². The van der Waals surface area contributed by atoms with Crippen LogP contribution in [0.2, 0.25) is 10.0 Å². The minimum absolute atomic E-state index is 0.0627. The maximum Gasteiger partial charge on any atom is 0.416 e. The van der Waals surface area contributed by atoms with Crippen LogP contribution in [0.4, 0.5) is 13.2 Å². The molecular formula is C31H26Cl2F3N5OS2. The predicted octanol–water partition coefficient (Wildman–Crippen LogP) is 9.43. The van der Waals surface area contributed by atoms with E-state index in [4.69, 9.17) is 28.2 Å². The molecule has 0 unspecified atom stereocenters. The molecule has 0 saturated carbocycles. The molecule has 5 rings (SSSR count). The van der Waals surface area contributed by atoms with Crippen LogP contribution in [0.15, 0.2) is 65.0 Å². The van der Waals surface area contributed by atoms with Gasteiger partial charge in [-0.15, -0.1) is 11.8 Å². The molecule has 3 heterocycles. The van der Waals surface area contributed by atoms with Crippen molar-refractivity contribution in [3.8, 4) is 27.5 Å². The number of nitrogens with zero attached hydrogens (tertiary/aromatic N) is 4. The van der Waals surface area contributed by atoms with Crippen molar-refractivity contribution in [3.63, 3.8) is 0 Å². The number of alkyl halides is 3. The fourth-order valence-electron chi connectivity index (χ4n) is 4.58. The third kappa shape index (κ3) is 6.96. The van der Waals surface area contributed by atoms with Gasteiger partial charge in [-0.1, -0.05) is 66.6 Å². The summed E-state index contributed by atoms with van der Waals surface area (Å²) in [6.45, 7) is 7.44. The summed E-state index contributed by atoms with van der Waals surface area (Å²) < 4.78 is 43.8. The lowest BCUT2D eigenvalue weighted by Gasteiger charge is -2.13. The fraction of sp³-hybridized carbons (Fsp3) is 0.226. The van der Waals surface area contributed by atoms with Crippen molar-refractivity contribution < 1.29 is 18.0 Å². The first-order valence-corrected chi connectivity index (χ1v) is 15.9. The highest BCUT2D eigenvalue weighted by Gasteiger charge is 2.33. The summed E-state index contributed by atoms with van der Waals surface area (Å²) in [7, 11) is 0. The third-order valence-corrected chi connectivity index (χ3v) is 9.41. The average molecular weight is 677 g/mol. The first-order chi connectivity index (χ1) is 20.8. The van der Waals surface area contributed by atoms with Crippen LogP contribution in [0.25, 0.3) is 27.5 Å². The lowest BCUT2D eigenvalue weighted by molar-refractivity contribution is -0.137. The van der Waals surface area contributed by atoms with Crippen LogP contribution in [0.1, 0.15) is 46.9 Å². The first kappa shape index (κ1) is 32.0. The van der Waals surface area contributed by atoms with Crippen molar-refractivity contribution in [1.82, 2.24) is 25.1 Å². The molecule has 0 aliphatic heterocycles. The van der Waals surface area contributed by atoms with Gasteiger partial charge >= 0.3 is 6.18 Å². The summed E-state index contributed by atoms with van der Waals surface area (Å²) in [5.41, 5.74) is 2.50. The van der Waals surface area contributed by atoms with E-state index < -0.39 is 17.6 Å². The number of nitrogens with one attached hydrogen (secondary N) is 1. The zero-order valence-corrected chi connectivity index (χ0v) is 27.1. The van der Waals surface area contributed by atoms with Crippen LogP contribution in [0.5, 0.6) is 0 Å². The molecule has 1 N–H and O–H groups in total. The van der Waals surface area contributed by atoms with Crippen LogP contribution in [-0.2, 0) is 12.7 Å². The lowest BCUT2D eigenvalue weighted by atomic mass is 9.98. The zero-order valence-electron chi connectivity index (χ0n) is 24.0. The molecule has 0 saturated heterocycles. The highest BCUT2D eigenvalue weighted by Crippen LogP contribution is 2.42. The summed E-state index contributed by atoms with van der Waals surface area (Å²) in [4.78, 5) is 23.1. The van der Waals surface area contributed by atoms with Crippen molar-refractivity contribution >= 4 is 52.2 Å². The molecule has 0 aliphatic rings. The van der Waals surface area contributed by atoms with Crippen LogP contribution >= 0.6 is 46.3 Å². The highest BCUT2D eigenvalue weighted by atomic mass is 35.5. The number of halogens is 5. The Kier molecular flexibility index (Phi) is 9.41.